The van der Waals surface area contributed by atoms with Gasteiger partial charge in [0.05, 0.1) is 5.56 Å². The number of nitrogens with one attached hydrogen (secondary N) is 1. The zero-order valence-electron chi connectivity index (χ0n) is 11.9. The second-order valence-electron chi connectivity index (χ2n) is 4.99. The van der Waals surface area contributed by atoms with Crippen LogP contribution in [0.25, 0.3) is 0 Å². The van der Waals surface area contributed by atoms with Crippen LogP contribution in [0.2, 0.25) is 0 Å². The van der Waals surface area contributed by atoms with Gasteiger partial charge in [-0.1, -0.05) is 12.8 Å². The van der Waals surface area contributed by atoms with E-state index in [0.29, 0.717) is 11.8 Å². The molecule has 1 saturated carbocycles. The van der Waals surface area contributed by atoms with Gasteiger partial charge in [0.2, 0.25) is 5.88 Å². The Morgan fingerprint density at radius 3 is 2.79 bits per heavy atom. The van der Waals surface area contributed by atoms with Crippen molar-refractivity contribution in [3.05, 3.63) is 11.4 Å². The van der Waals surface area contributed by atoms with Gasteiger partial charge in [-0.15, -0.1) is 6.42 Å². The Bertz CT molecular complexity index is 489. The van der Waals surface area contributed by atoms with Crippen LogP contribution < -0.4 is 10.1 Å². The molecule has 1 atom stereocenters. The van der Waals surface area contributed by atoms with Gasteiger partial charge in [0.15, 0.2) is 6.10 Å². The van der Waals surface area contributed by atoms with Gasteiger partial charge in [0.1, 0.15) is 11.6 Å². The Morgan fingerprint density at radius 1 is 1.47 bits per heavy atom. The van der Waals surface area contributed by atoms with Gasteiger partial charge in [-0.05, 0) is 33.1 Å². The smallest absolute Gasteiger partial charge is 0.223 e. The van der Waals surface area contributed by atoms with Crippen molar-refractivity contribution in [2.75, 3.05) is 11.9 Å². The number of aromatic nitrogens is 2. The number of anilines is 1. The van der Waals surface area contributed by atoms with Gasteiger partial charge in [-0.3, -0.25) is 0 Å². The van der Waals surface area contributed by atoms with Gasteiger partial charge < -0.3 is 10.1 Å². The van der Waals surface area contributed by atoms with Gasteiger partial charge in [0.25, 0.3) is 0 Å². The van der Waals surface area contributed by atoms with E-state index in [9.17, 15) is 0 Å². The maximum absolute atomic E-state index is 5.71. The maximum Gasteiger partial charge on any atom is 0.223 e. The van der Waals surface area contributed by atoms with Crippen molar-refractivity contribution in [3.8, 4) is 18.2 Å². The quantitative estimate of drug-likeness (QED) is 0.798. The zero-order chi connectivity index (χ0) is 13.8. The summed E-state index contributed by atoms with van der Waals surface area (Å²) in [5.74, 6) is 5.42. The second-order valence-corrected chi connectivity index (χ2v) is 4.99. The molecule has 0 bridgehead atoms. The van der Waals surface area contributed by atoms with E-state index >= 15 is 0 Å². The molecule has 2 rings (SSSR count). The third kappa shape index (κ3) is 3.37. The lowest BCUT2D eigenvalue weighted by molar-refractivity contribution is 0.264. The molecule has 1 heterocycles. The second kappa shape index (κ2) is 5.92. The molecule has 0 radical (unpaired) electrons. The fraction of sp³-hybridized carbons (Fsp3) is 0.600. The number of hydrogen-bond acceptors (Lipinski definition) is 4. The molecule has 1 aliphatic carbocycles. The number of terminal acetylenes is 1. The molecule has 4 heteroatoms. The Morgan fingerprint density at radius 2 is 2.21 bits per heavy atom. The molecule has 1 unspecified atom stereocenters. The summed E-state index contributed by atoms with van der Waals surface area (Å²) in [6, 6.07) is 0. The van der Waals surface area contributed by atoms with E-state index < -0.39 is 0 Å². The first-order valence-electron chi connectivity index (χ1n) is 6.90. The third-order valence-electron chi connectivity index (χ3n) is 3.13. The highest BCUT2D eigenvalue weighted by Crippen LogP contribution is 2.40. The fourth-order valence-corrected chi connectivity index (χ4v) is 1.77. The van der Waals surface area contributed by atoms with Crippen LogP contribution in [-0.2, 0) is 0 Å². The minimum Gasteiger partial charge on any atom is -0.461 e. The van der Waals surface area contributed by atoms with E-state index in [-0.39, 0.29) is 6.10 Å². The van der Waals surface area contributed by atoms with Crippen LogP contribution in [0.1, 0.15) is 50.4 Å². The van der Waals surface area contributed by atoms with Crippen molar-refractivity contribution in [2.24, 2.45) is 0 Å². The Balaban J connectivity index is 2.28. The third-order valence-corrected chi connectivity index (χ3v) is 3.13. The molecular weight excluding hydrogens is 238 g/mol. The summed E-state index contributed by atoms with van der Waals surface area (Å²) >= 11 is 0. The zero-order valence-corrected chi connectivity index (χ0v) is 11.9. The normalized spacial score (nSPS) is 15.7. The summed E-state index contributed by atoms with van der Waals surface area (Å²) in [7, 11) is 0. The van der Waals surface area contributed by atoms with E-state index in [1.54, 1.807) is 0 Å². The van der Waals surface area contributed by atoms with E-state index in [2.05, 4.69) is 28.1 Å². The molecule has 0 amide bonds. The molecular formula is C15H21N3O. The lowest BCUT2D eigenvalue weighted by Crippen LogP contribution is -2.14. The van der Waals surface area contributed by atoms with Crippen LogP contribution in [0.5, 0.6) is 5.88 Å². The van der Waals surface area contributed by atoms with E-state index in [0.717, 1.165) is 30.2 Å². The van der Waals surface area contributed by atoms with Gasteiger partial charge in [-0.25, -0.2) is 4.98 Å². The fourth-order valence-electron chi connectivity index (χ4n) is 1.77. The van der Waals surface area contributed by atoms with Crippen molar-refractivity contribution < 1.29 is 4.74 Å². The first-order valence-corrected chi connectivity index (χ1v) is 6.90. The lowest BCUT2D eigenvalue weighted by atomic mass is 10.3. The number of hydrogen-bond donors (Lipinski definition) is 1. The molecule has 0 spiro atoms. The highest BCUT2D eigenvalue weighted by molar-refractivity contribution is 5.49. The van der Waals surface area contributed by atoms with Crippen molar-refractivity contribution in [1.82, 2.24) is 9.97 Å². The summed E-state index contributed by atoms with van der Waals surface area (Å²) in [6.45, 7) is 6.83. The first-order chi connectivity index (χ1) is 9.15. The van der Waals surface area contributed by atoms with Crippen molar-refractivity contribution in [2.45, 2.75) is 52.1 Å². The van der Waals surface area contributed by atoms with Crippen LogP contribution in [0, 0.1) is 19.3 Å². The van der Waals surface area contributed by atoms with Crippen LogP contribution in [0.3, 0.4) is 0 Å². The van der Waals surface area contributed by atoms with Gasteiger partial charge in [-0.2, -0.15) is 4.98 Å². The van der Waals surface area contributed by atoms with Crippen molar-refractivity contribution >= 4 is 5.82 Å². The predicted octanol–water partition coefficient (Wildman–Crippen LogP) is 2.88. The molecule has 1 N–H and O–H groups in total. The van der Waals surface area contributed by atoms with Gasteiger partial charge in [0, 0.05) is 12.5 Å². The average Bonchev–Trinajstić information content (AvgIpc) is 3.23. The number of nitrogens with zero attached hydrogens (tertiary/aromatic N) is 2. The minimum absolute atomic E-state index is 0.278. The molecule has 4 nitrogen and oxygen atoms in total. The molecule has 0 aliphatic heterocycles. The largest absolute Gasteiger partial charge is 0.461 e. The monoisotopic (exact) mass is 259 g/mol. The summed E-state index contributed by atoms with van der Waals surface area (Å²) in [5, 5.41) is 3.33. The Hall–Kier alpha value is -1.76. The molecule has 0 aromatic carbocycles. The van der Waals surface area contributed by atoms with Crippen LogP contribution in [0.15, 0.2) is 0 Å². The van der Waals surface area contributed by atoms with Crippen LogP contribution in [-0.4, -0.2) is 22.6 Å². The number of rotatable bonds is 6. The van der Waals surface area contributed by atoms with Crippen molar-refractivity contribution in [3.63, 3.8) is 0 Å². The minimum atomic E-state index is -0.278. The standard InChI is InChI=1S/C15H21N3O/c1-5-9-16-13-11(4)15(19-10(3)6-2)18-14(17-13)12-7-8-12/h2,10,12H,5,7-9H2,1,3-4H3,(H,16,17,18). The van der Waals surface area contributed by atoms with Crippen molar-refractivity contribution in [1.29, 1.82) is 0 Å². The molecule has 1 fully saturated rings. The highest BCUT2D eigenvalue weighted by atomic mass is 16.5. The first kappa shape index (κ1) is 13.7. The number of ether oxygens (including phenoxy) is 1. The topological polar surface area (TPSA) is 47.0 Å². The predicted molar refractivity (Wildman–Crippen MR) is 76.4 cm³/mol. The van der Waals surface area contributed by atoms with Crippen LogP contribution in [0.4, 0.5) is 5.82 Å². The summed E-state index contributed by atoms with van der Waals surface area (Å²) in [5.41, 5.74) is 0.931. The SMILES string of the molecule is C#CC(C)Oc1nc(C2CC2)nc(NCCC)c1C. The Labute approximate surface area is 115 Å². The van der Waals surface area contributed by atoms with Crippen LogP contribution >= 0.6 is 0 Å². The molecule has 19 heavy (non-hydrogen) atoms. The summed E-state index contributed by atoms with van der Waals surface area (Å²) in [4.78, 5) is 9.13. The van der Waals surface area contributed by atoms with E-state index in [4.69, 9.17) is 11.2 Å². The van der Waals surface area contributed by atoms with E-state index in [1.807, 2.05) is 13.8 Å². The summed E-state index contributed by atoms with van der Waals surface area (Å²) < 4.78 is 5.71. The molecule has 102 valence electrons. The van der Waals surface area contributed by atoms with Gasteiger partial charge >= 0.3 is 0 Å². The Kier molecular flexibility index (Phi) is 4.26. The van der Waals surface area contributed by atoms with E-state index in [1.165, 1.54) is 12.8 Å². The summed E-state index contributed by atoms with van der Waals surface area (Å²) in [6.07, 6.45) is 8.48. The average molecular weight is 259 g/mol. The molecule has 0 saturated heterocycles. The maximum atomic E-state index is 5.71. The highest BCUT2D eigenvalue weighted by Gasteiger charge is 2.28. The molecule has 1 aromatic rings. The molecule has 1 aromatic heterocycles. The molecule has 1 aliphatic rings. The lowest BCUT2D eigenvalue weighted by Gasteiger charge is -2.15.